The number of aryl methyl sites for hydroxylation is 1. The first kappa shape index (κ1) is 10.4. The quantitative estimate of drug-likeness (QED) is 0.773. The maximum absolute atomic E-state index is 11.4. The lowest BCUT2D eigenvalue weighted by Crippen LogP contribution is -2.28. The van der Waals surface area contributed by atoms with Crippen LogP contribution in [0.5, 0.6) is 0 Å². The second-order valence-corrected chi connectivity index (χ2v) is 3.44. The van der Waals surface area contributed by atoms with E-state index in [2.05, 4.69) is 4.98 Å². The molecule has 0 bridgehead atoms. The Hall–Kier alpha value is -2.10. The first-order chi connectivity index (χ1) is 7.75. The van der Waals surface area contributed by atoms with E-state index in [1.54, 1.807) is 19.2 Å². The van der Waals surface area contributed by atoms with Gasteiger partial charge in [-0.3, -0.25) is 0 Å². The van der Waals surface area contributed by atoms with Crippen LogP contribution >= 0.6 is 0 Å². The summed E-state index contributed by atoms with van der Waals surface area (Å²) in [5.74, 6) is 0. The molecule has 1 aromatic carbocycles. The van der Waals surface area contributed by atoms with Gasteiger partial charge < -0.3 is 4.84 Å². The third-order valence-corrected chi connectivity index (χ3v) is 2.12. The van der Waals surface area contributed by atoms with E-state index < -0.39 is 5.69 Å². The monoisotopic (exact) mass is 216 g/mol. The van der Waals surface area contributed by atoms with Crippen molar-refractivity contribution in [2.75, 3.05) is 0 Å². The minimum Gasteiger partial charge on any atom is -0.405 e. The normalized spacial score (nSPS) is 10.1. The van der Waals surface area contributed by atoms with Crippen LogP contribution < -0.4 is 10.5 Å². The van der Waals surface area contributed by atoms with Crippen LogP contribution in [0.2, 0.25) is 0 Å². The van der Waals surface area contributed by atoms with Crippen molar-refractivity contribution >= 4 is 0 Å². The van der Waals surface area contributed by atoms with Crippen LogP contribution in [-0.2, 0) is 6.61 Å². The molecule has 1 aromatic heterocycles. The first-order valence-corrected chi connectivity index (χ1v) is 4.99. The molecule has 0 N–H and O–H groups in total. The van der Waals surface area contributed by atoms with E-state index in [0.717, 1.165) is 10.3 Å². The molecule has 0 fully saturated rings. The zero-order valence-corrected chi connectivity index (χ0v) is 8.96. The van der Waals surface area contributed by atoms with Gasteiger partial charge in [-0.05, 0) is 18.6 Å². The van der Waals surface area contributed by atoms with Crippen LogP contribution in [0, 0.1) is 6.92 Å². The Balaban J connectivity index is 2.08. The molecule has 0 spiro atoms. The lowest BCUT2D eigenvalue weighted by molar-refractivity contribution is 0.0857. The summed E-state index contributed by atoms with van der Waals surface area (Å²) in [5.41, 5.74) is 1.30. The minimum atomic E-state index is -0.393. The topological polar surface area (TPSA) is 44.1 Å². The largest absolute Gasteiger partial charge is 0.405 e. The van der Waals surface area contributed by atoms with Gasteiger partial charge >= 0.3 is 5.69 Å². The summed E-state index contributed by atoms with van der Waals surface area (Å²) < 4.78 is 1.14. The van der Waals surface area contributed by atoms with Crippen molar-refractivity contribution in [2.24, 2.45) is 0 Å². The summed E-state index contributed by atoms with van der Waals surface area (Å²) in [6.45, 7) is 2.12. The highest BCUT2D eigenvalue weighted by atomic mass is 16.7. The second-order valence-electron chi connectivity index (χ2n) is 3.44. The summed E-state index contributed by atoms with van der Waals surface area (Å²) in [6.07, 6.45) is 1.58. The van der Waals surface area contributed by atoms with Crippen molar-refractivity contribution in [1.82, 2.24) is 9.71 Å². The predicted octanol–water partition coefficient (Wildman–Crippen LogP) is 1.18. The highest BCUT2D eigenvalue weighted by Gasteiger charge is 1.98. The van der Waals surface area contributed by atoms with E-state index in [1.807, 2.05) is 30.3 Å². The lowest BCUT2D eigenvalue weighted by Gasteiger charge is -2.07. The van der Waals surface area contributed by atoms with Gasteiger partial charge in [0.2, 0.25) is 0 Å². The SMILES string of the molecule is Cc1ccn(OCc2ccccc2)c(=O)n1. The predicted molar refractivity (Wildman–Crippen MR) is 60.0 cm³/mol. The maximum atomic E-state index is 11.4. The molecule has 16 heavy (non-hydrogen) atoms. The molecule has 0 aliphatic heterocycles. The Bertz CT molecular complexity index is 520. The molecule has 0 radical (unpaired) electrons. The molecular weight excluding hydrogens is 204 g/mol. The highest BCUT2D eigenvalue weighted by molar-refractivity contribution is 5.13. The molecule has 2 aromatic rings. The number of hydrogen-bond donors (Lipinski definition) is 0. The van der Waals surface area contributed by atoms with Crippen molar-refractivity contribution in [3.63, 3.8) is 0 Å². The fourth-order valence-corrected chi connectivity index (χ4v) is 1.29. The molecule has 0 amide bonds. The van der Waals surface area contributed by atoms with Crippen molar-refractivity contribution in [2.45, 2.75) is 13.5 Å². The van der Waals surface area contributed by atoms with Crippen molar-refractivity contribution < 1.29 is 4.84 Å². The molecule has 4 heteroatoms. The molecule has 1 heterocycles. The van der Waals surface area contributed by atoms with Gasteiger partial charge in [0.25, 0.3) is 0 Å². The van der Waals surface area contributed by atoms with Crippen LogP contribution in [0.3, 0.4) is 0 Å². The van der Waals surface area contributed by atoms with Crippen molar-refractivity contribution in [1.29, 1.82) is 0 Å². The Morgan fingerprint density at radius 3 is 2.69 bits per heavy atom. The Morgan fingerprint density at radius 2 is 2.00 bits per heavy atom. The van der Waals surface area contributed by atoms with Crippen molar-refractivity contribution in [3.05, 3.63) is 64.3 Å². The van der Waals surface area contributed by atoms with Crippen LogP contribution in [0.1, 0.15) is 11.3 Å². The van der Waals surface area contributed by atoms with Gasteiger partial charge in [0.05, 0.1) is 6.20 Å². The van der Waals surface area contributed by atoms with E-state index >= 15 is 0 Å². The molecular formula is C12H12N2O2. The Labute approximate surface area is 93.1 Å². The standard InChI is InChI=1S/C12H12N2O2/c1-10-7-8-14(12(15)13-10)16-9-11-5-3-2-4-6-11/h2-8H,9H2,1H3. The number of nitrogens with zero attached hydrogens (tertiary/aromatic N) is 2. The summed E-state index contributed by atoms with van der Waals surface area (Å²) in [6, 6.07) is 11.4. The van der Waals surface area contributed by atoms with Crippen LogP contribution in [0.25, 0.3) is 0 Å². The molecule has 0 unspecified atom stereocenters. The Morgan fingerprint density at radius 1 is 1.25 bits per heavy atom. The highest BCUT2D eigenvalue weighted by Crippen LogP contribution is 1.98. The molecule has 0 aliphatic carbocycles. The molecule has 4 nitrogen and oxygen atoms in total. The lowest BCUT2D eigenvalue weighted by atomic mass is 10.2. The van der Waals surface area contributed by atoms with Crippen LogP contribution in [0.4, 0.5) is 0 Å². The van der Waals surface area contributed by atoms with Gasteiger partial charge in [0.15, 0.2) is 0 Å². The van der Waals surface area contributed by atoms with E-state index in [9.17, 15) is 4.79 Å². The summed E-state index contributed by atoms with van der Waals surface area (Å²) >= 11 is 0. The molecule has 82 valence electrons. The Kier molecular flexibility index (Phi) is 3.00. The number of hydrogen-bond acceptors (Lipinski definition) is 3. The fraction of sp³-hybridized carbons (Fsp3) is 0.167. The molecule has 0 saturated heterocycles. The zero-order chi connectivity index (χ0) is 11.4. The summed E-state index contributed by atoms with van der Waals surface area (Å²) in [4.78, 5) is 20.5. The van der Waals surface area contributed by atoms with Gasteiger partial charge in [-0.25, -0.2) is 4.79 Å². The maximum Gasteiger partial charge on any atom is 0.380 e. The van der Waals surface area contributed by atoms with Gasteiger partial charge in [-0.1, -0.05) is 30.3 Å². The van der Waals surface area contributed by atoms with E-state index in [-0.39, 0.29) is 0 Å². The van der Waals surface area contributed by atoms with Crippen molar-refractivity contribution in [3.8, 4) is 0 Å². The van der Waals surface area contributed by atoms with E-state index in [1.165, 1.54) is 0 Å². The number of aromatic nitrogens is 2. The van der Waals surface area contributed by atoms with E-state index in [4.69, 9.17) is 4.84 Å². The van der Waals surface area contributed by atoms with Gasteiger partial charge in [0, 0.05) is 5.69 Å². The average Bonchev–Trinajstić information content (AvgIpc) is 2.29. The fourth-order valence-electron chi connectivity index (χ4n) is 1.29. The van der Waals surface area contributed by atoms with Gasteiger partial charge in [-0.2, -0.15) is 4.98 Å². The average molecular weight is 216 g/mol. The number of benzene rings is 1. The zero-order valence-electron chi connectivity index (χ0n) is 8.96. The minimum absolute atomic E-state index is 0.353. The molecule has 0 atom stereocenters. The summed E-state index contributed by atoms with van der Waals surface area (Å²) in [5, 5.41) is 0. The molecule has 2 rings (SSSR count). The number of rotatable bonds is 3. The smallest absolute Gasteiger partial charge is 0.380 e. The molecule has 0 aliphatic rings. The first-order valence-electron chi connectivity index (χ1n) is 4.99. The second kappa shape index (κ2) is 4.61. The van der Waals surface area contributed by atoms with E-state index in [0.29, 0.717) is 12.3 Å². The molecule has 0 saturated carbocycles. The van der Waals surface area contributed by atoms with Gasteiger partial charge in [0.1, 0.15) is 6.61 Å². The van der Waals surface area contributed by atoms with Crippen LogP contribution in [0.15, 0.2) is 47.4 Å². The third kappa shape index (κ3) is 2.48. The summed E-state index contributed by atoms with van der Waals surface area (Å²) in [7, 11) is 0. The third-order valence-electron chi connectivity index (χ3n) is 2.12. The van der Waals surface area contributed by atoms with Gasteiger partial charge in [-0.15, -0.1) is 4.73 Å². The van der Waals surface area contributed by atoms with Crippen LogP contribution in [-0.4, -0.2) is 9.71 Å².